The average Bonchev–Trinajstić information content (AvgIpc) is 2.49. The lowest BCUT2D eigenvalue weighted by Gasteiger charge is -2.30. The first-order chi connectivity index (χ1) is 11.0. The number of anilines is 1. The van der Waals surface area contributed by atoms with Crippen LogP contribution in [0.2, 0.25) is 0 Å². The molecule has 23 heavy (non-hydrogen) atoms. The Labute approximate surface area is 132 Å². The maximum Gasteiger partial charge on any atom is 0.387 e. The van der Waals surface area contributed by atoms with Gasteiger partial charge in [0.2, 0.25) is 5.91 Å². The molecule has 7 heteroatoms. The molecule has 0 saturated heterocycles. The van der Waals surface area contributed by atoms with Crippen molar-refractivity contribution in [3.05, 3.63) is 23.8 Å². The number of carboxylic acids is 1. The van der Waals surface area contributed by atoms with Gasteiger partial charge in [-0.3, -0.25) is 9.59 Å². The van der Waals surface area contributed by atoms with Crippen LogP contribution < -0.4 is 9.64 Å². The molecule has 1 aliphatic heterocycles. The third kappa shape index (κ3) is 4.91. The number of aryl methyl sites for hydroxylation is 1. The number of halogens is 2. The van der Waals surface area contributed by atoms with Crippen molar-refractivity contribution in [2.24, 2.45) is 0 Å². The number of carbonyl (C=O) groups is 2. The maximum atomic E-state index is 12.3. The number of unbranched alkanes of at least 4 members (excludes halogenated alkanes) is 1. The number of ether oxygens (including phenoxy) is 1. The number of rotatable bonds is 7. The lowest BCUT2D eigenvalue weighted by Crippen LogP contribution is -2.35. The van der Waals surface area contributed by atoms with Gasteiger partial charge in [0.25, 0.3) is 0 Å². The molecular formula is C16H19F2NO4. The molecule has 0 atom stereocenters. The standard InChI is InChI=1S/C16H19F2NO4/c17-16(18)23-12-7-8-13-11(10-12)4-3-9-19(13)14(20)5-1-2-6-15(21)22/h7-8,10,16H,1-6,9H2,(H,21,22). The Morgan fingerprint density at radius 2 is 2.00 bits per heavy atom. The lowest BCUT2D eigenvalue weighted by molar-refractivity contribution is -0.137. The van der Waals surface area contributed by atoms with Crippen LogP contribution in [0.1, 0.15) is 37.7 Å². The monoisotopic (exact) mass is 327 g/mol. The van der Waals surface area contributed by atoms with E-state index in [0.717, 1.165) is 17.7 Å². The van der Waals surface area contributed by atoms with Gasteiger partial charge in [-0.25, -0.2) is 0 Å². The number of carboxylic acid groups (broad SMARTS) is 1. The van der Waals surface area contributed by atoms with Crippen molar-refractivity contribution < 1.29 is 28.2 Å². The summed E-state index contributed by atoms with van der Waals surface area (Å²) in [5.74, 6) is -0.847. The van der Waals surface area contributed by atoms with Gasteiger partial charge in [-0.1, -0.05) is 0 Å². The van der Waals surface area contributed by atoms with Crippen molar-refractivity contribution in [2.45, 2.75) is 45.1 Å². The maximum absolute atomic E-state index is 12.3. The highest BCUT2D eigenvalue weighted by atomic mass is 19.3. The van der Waals surface area contributed by atoms with Gasteiger partial charge in [-0.15, -0.1) is 0 Å². The molecule has 0 unspecified atom stereocenters. The predicted molar refractivity (Wildman–Crippen MR) is 79.9 cm³/mol. The fraction of sp³-hybridized carbons (Fsp3) is 0.500. The summed E-state index contributed by atoms with van der Waals surface area (Å²) in [6.07, 6.45) is 2.78. The van der Waals surface area contributed by atoms with Crippen molar-refractivity contribution in [2.75, 3.05) is 11.4 Å². The van der Waals surface area contributed by atoms with Crippen molar-refractivity contribution in [1.82, 2.24) is 0 Å². The second-order valence-corrected chi connectivity index (χ2v) is 5.42. The highest BCUT2D eigenvalue weighted by Gasteiger charge is 2.23. The van der Waals surface area contributed by atoms with Gasteiger partial charge in [0.15, 0.2) is 0 Å². The van der Waals surface area contributed by atoms with Crippen LogP contribution in [0.4, 0.5) is 14.5 Å². The number of alkyl halides is 2. The largest absolute Gasteiger partial charge is 0.481 e. The Morgan fingerprint density at radius 1 is 1.26 bits per heavy atom. The molecule has 1 aromatic rings. The quantitative estimate of drug-likeness (QED) is 0.781. The second-order valence-electron chi connectivity index (χ2n) is 5.42. The van der Waals surface area contributed by atoms with E-state index >= 15 is 0 Å². The zero-order chi connectivity index (χ0) is 16.8. The number of aliphatic carboxylic acids is 1. The van der Waals surface area contributed by atoms with Gasteiger partial charge in [0.05, 0.1) is 0 Å². The summed E-state index contributed by atoms with van der Waals surface area (Å²) in [4.78, 5) is 24.4. The highest BCUT2D eigenvalue weighted by molar-refractivity contribution is 5.94. The third-order valence-corrected chi connectivity index (χ3v) is 3.73. The molecule has 2 rings (SSSR count). The minimum absolute atomic E-state index is 0.0538. The van der Waals surface area contributed by atoms with Crippen LogP contribution in [0, 0.1) is 0 Å². The number of hydrogen-bond donors (Lipinski definition) is 1. The predicted octanol–water partition coefficient (Wildman–Crippen LogP) is 3.21. The third-order valence-electron chi connectivity index (χ3n) is 3.73. The van der Waals surface area contributed by atoms with Crippen LogP contribution in [0.15, 0.2) is 18.2 Å². The number of hydrogen-bond acceptors (Lipinski definition) is 3. The zero-order valence-electron chi connectivity index (χ0n) is 12.6. The summed E-state index contributed by atoms with van der Waals surface area (Å²) in [6, 6.07) is 4.60. The molecule has 0 aromatic heterocycles. The Bertz CT molecular complexity index is 577. The first kappa shape index (κ1) is 17.2. The van der Waals surface area contributed by atoms with Crippen molar-refractivity contribution in [1.29, 1.82) is 0 Å². The van der Waals surface area contributed by atoms with Crippen molar-refractivity contribution >= 4 is 17.6 Å². The van der Waals surface area contributed by atoms with E-state index < -0.39 is 12.6 Å². The Balaban J connectivity index is 2.00. The minimum Gasteiger partial charge on any atom is -0.481 e. The molecule has 5 nitrogen and oxygen atoms in total. The number of carbonyl (C=O) groups excluding carboxylic acids is 1. The van der Waals surface area contributed by atoms with Gasteiger partial charge >= 0.3 is 12.6 Å². The molecular weight excluding hydrogens is 308 g/mol. The fourth-order valence-corrected chi connectivity index (χ4v) is 2.70. The Hall–Kier alpha value is -2.18. The van der Waals surface area contributed by atoms with Crippen molar-refractivity contribution in [3.8, 4) is 5.75 Å². The Kier molecular flexibility index (Phi) is 5.90. The molecule has 126 valence electrons. The van der Waals surface area contributed by atoms with Crippen LogP contribution in [0.5, 0.6) is 5.75 Å². The first-order valence-corrected chi connectivity index (χ1v) is 7.57. The summed E-state index contributed by atoms with van der Waals surface area (Å²) in [7, 11) is 0. The average molecular weight is 327 g/mol. The summed E-state index contributed by atoms with van der Waals surface area (Å²) in [5, 5.41) is 8.59. The molecule has 1 N–H and O–H groups in total. The fourth-order valence-electron chi connectivity index (χ4n) is 2.70. The Morgan fingerprint density at radius 3 is 2.70 bits per heavy atom. The SMILES string of the molecule is O=C(O)CCCCC(=O)N1CCCc2cc(OC(F)F)ccc21. The molecule has 0 spiro atoms. The molecule has 0 radical (unpaired) electrons. The van der Waals surface area contributed by atoms with E-state index in [2.05, 4.69) is 4.74 Å². The summed E-state index contributed by atoms with van der Waals surface area (Å²) >= 11 is 0. The van der Waals surface area contributed by atoms with E-state index in [9.17, 15) is 18.4 Å². The van der Waals surface area contributed by atoms with Crippen LogP contribution in [0.3, 0.4) is 0 Å². The lowest BCUT2D eigenvalue weighted by atomic mass is 10.0. The van der Waals surface area contributed by atoms with Gasteiger partial charge in [0, 0.05) is 25.1 Å². The first-order valence-electron chi connectivity index (χ1n) is 7.57. The summed E-state index contributed by atoms with van der Waals surface area (Å²) in [5.41, 5.74) is 1.54. The van der Waals surface area contributed by atoms with Crippen LogP contribution in [0.25, 0.3) is 0 Å². The van der Waals surface area contributed by atoms with Gasteiger partial charge in [0.1, 0.15) is 5.75 Å². The summed E-state index contributed by atoms with van der Waals surface area (Å²) in [6.45, 7) is -2.29. The smallest absolute Gasteiger partial charge is 0.387 e. The van der Waals surface area contributed by atoms with E-state index in [1.54, 1.807) is 17.0 Å². The molecule has 1 heterocycles. The summed E-state index contributed by atoms with van der Waals surface area (Å²) < 4.78 is 28.9. The number of amides is 1. The van der Waals surface area contributed by atoms with E-state index in [-0.39, 0.29) is 24.5 Å². The normalized spacial score (nSPS) is 13.8. The van der Waals surface area contributed by atoms with Gasteiger partial charge in [-0.05, 0) is 49.4 Å². The molecule has 1 aromatic carbocycles. The molecule has 0 saturated carbocycles. The van der Waals surface area contributed by atoms with E-state index in [4.69, 9.17) is 5.11 Å². The molecule has 0 fully saturated rings. The number of benzene rings is 1. The molecule has 0 aliphatic carbocycles. The van der Waals surface area contributed by atoms with E-state index in [0.29, 0.717) is 25.8 Å². The molecule has 1 aliphatic rings. The second kappa shape index (κ2) is 7.89. The van der Waals surface area contributed by atoms with E-state index in [1.807, 2.05) is 0 Å². The van der Waals surface area contributed by atoms with Crippen LogP contribution in [-0.2, 0) is 16.0 Å². The van der Waals surface area contributed by atoms with Crippen molar-refractivity contribution in [3.63, 3.8) is 0 Å². The van der Waals surface area contributed by atoms with Crippen LogP contribution >= 0.6 is 0 Å². The molecule has 1 amide bonds. The minimum atomic E-state index is -2.87. The molecule has 0 bridgehead atoms. The van der Waals surface area contributed by atoms with Gasteiger partial charge in [-0.2, -0.15) is 8.78 Å². The van der Waals surface area contributed by atoms with Crippen LogP contribution in [-0.4, -0.2) is 30.1 Å². The number of nitrogens with zero attached hydrogens (tertiary/aromatic N) is 1. The number of fused-ring (bicyclic) bond motifs is 1. The highest BCUT2D eigenvalue weighted by Crippen LogP contribution is 2.31. The van der Waals surface area contributed by atoms with E-state index in [1.165, 1.54) is 6.07 Å². The zero-order valence-corrected chi connectivity index (χ0v) is 12.6. The topological polar surface area (TPSA) is 66.8 Å². The van der Waals surface area contributed by atoms with Gasteiger partial charge < -0.3 is 14.7 Å².